The van der Waals surface area contributed by atoms with Crippen molar-refractivity contribution in [2.75, 3.05) is 46.9 Å². The maximum absolute atomic E-state index is 12.9. The molecule has 0 aliphatic carbocycles. The van der Waals surface area contributed by atoms with Gasteiger partial charge in [-0.3, -0.25) is 4.79 Å². The third kappa shape index (κ3) is 4.56. The van der Waals surface area contributed by atoms with E-state index in [1.54, 1.807) is 0 Å². The summed E-state index contributed by atoms with van der Waals surface area (Å²) >= 11 is 0. The summed E-state index contributed by atoms with van der Waals surface area (Å²) < 4.78 is 33.0. The van der Waals surface area contributed by atoms with Crippen LogP contribution >= 0.6 is 0 Å². The summed E-state index contributed by atoms with van der Waals surface area (Å²) in [6.45, 7) is 2.63. The van der Waals surface area contributed by atoms with Crippen molar-refractivity contribution in [3.05, 3.63) is 35.9 Å². The van der Waals surface area contributed by atoms with Gasteiger partial charge in [-0.25, -0.2) is 0 Å². The minimum Gasteiger partial charge on any atom is -0.381 e. The summed E-state index contributed by atoms with van der Waals surface area (Å²) in [5, 5.41) is 3.13. The molecule has 156 valence electrons. The predicted molar refractivity (Wildman–Crippen MR) is 108 cm³/mol. The van der Waals surface area contributed by atoms with Crippen LogP contribution in [0.3, 0.4) is 0 Å². The average molecular weight is 410 g/mol. The van der Waals surface area contributed by atoms with Gasteiger partial charge in [0.25, 0.3) is 10.2 Å². The van der Waals surface area contributed by atoms with Crippen molar-refractivity contribution >= 4 is 16.1 Å². The molecule has 0 saturated carbocycles. The number of carbonyl (C=O) groups excluding carboxylic acids is 1. The van der Waals surface area contributed by atoms with Gasteiger partial charge in [0.15, 0.2) is 0 Å². The summed E-state index contributed by atoms with van der Waals surface area (Å²) in [4.78, 5) is 12.9. The first-order valence-electron chi connectivity index (χ1n) is 9.94. The Morgan fingerprint density at radius 2 is 1.93 bits per heavy atom. The van der Waals surface area contributed by atoms with Crippen LogP contribution in [0.1, 0.15) is 31.2 Å². The lowest BCUT2D eigenvalue weighted by Crippen LogP contribution is -2.51. The van der Waals surface area contributed by atoms with Crippen LogP contribution in [0.15, 0.2) is 30.3 Å². The zero-order valence-corrected chi connectivity index (χ0v) is 17.6. The first kappa shape index (κ1) is 21.2. The van der Waals surface area contributed by atoms with Crippen LogP contribution < -0.4 is 5.32 Å². The van der Waals surface area contributed by atoms with E-state index in [1.807, 2.05) is 18.2 Å². The summed E-state index contributed by atoms with van der Waals surface area (Å²) in [5.74, 6) is -0.364. The van der Waals surface area contributed by atoms with E-state index in [2.05, 4.69) is 17.4 Å². The topological polar surface area (TPSA) is 79.0 Å². The van der Waals surface area contributed by atoms with Crippen LogP contribution in [0.2, 0.25) is 0 Å². The zero-order valence-electron chi connectivity index (χ0n) is 16.8. The monoisotopic (exact) mass is 409 g/mol. The van der Waals surface area contributed by atoms with Gasteiger partial charge in [-0.05, 0) is 31.2 Å². The van der Waals surface area contributed by atoms with Gasteiger partial charge in [-0.1, -0.05) is 30.3 Å². The highest BCUT2D eigenvalue weighted by atomic mass is 32.2. The van der Waals surface area contributed by atoms with E-state index in [0.717, 1.165) is 12.8 Å². The largest absolute Gasteiger partial charge is 0.381 e. The number of nitrogens with zero attached hydrogens (tertiary/aromatic N) is 2. The van der Waals surface area contributed by atoms with Gasteiger partial charge in [0.1, 0.15) is 0 Å². The molecule has 1 N–H and O–H groups in total. The number of ether oxygens (including phenoxy) is 1. The Bertz CT molecular complexity index is 761. The number of amides is 1. The van der Waals surface area contributed by atoms with Gasteiger partial charge in [0.2, 0.25) is 5.91 Å². The van der Waals surface area contributed by atoms with E-state index in [1.165, 1.54) is 28.3 Å². The van der Waals surface area contributed by atoms with Crippen molar-refractivity contribution in [2.45, 2.75) is 31.1 Å². The van der Waals surface area contributed by atoms with Crippen molar-refractivity contribution in [3.8, 4) is 0 Å². The molecule has 1 amide bonds. The number of hydrogen-bond acceptors (Lipinski definition) is 4. The van der Waals surface area contributed by atoms with Crippen molar-refractivity contribution in [1.29, 1.82) is 0 Å². The molecule has 2 saturated heterocycles. The normalized spacial score (nSPS) is 23.5. The van der Waals surface area contributed by atoms with Gasteiger partial charge in [0.05, 0.1) is 5.92 Å². The smallest absolute Gasteiger partial charge is 0.281 e. The van der Waals surface area contributed by atoms with E-state index in [-0.39, 0.29) is 23.8 Å². The Morgan fingerprint density at radius 3 is 2.57 bits per heavy atom. The summed E-state index contributed by atoms with van der Waals surface area (Å²) in [7, 11) is -0.444. The second-order valence-corrected chi connectivity index (χ2v) is 10.1. The van der Waals surface area contributed by atoms with E-state index in [4.69, 9.17) is 4.74 Å². The average Bonchev–Trinajstić information content (AvgIpc) is 2.73. The molecule has 1 aromatic rings. The van der Waals surface area contributed by atoms with Gasteiger partial charge in [-0.15, -0.1) is 0 Å². The Hall–Kier alpha value is -1.48. The fraction of sp³-hybridized carbons (Fsp3) is 0.650. The molecular weight excluding hydrogens is 378 g/mol. The maximum Gasteiger partial charge on any atom is 0.281 e. The Morgan fingerprint density at radius 1 is 1.25 bits per heavy atom. The second kappa shape index (κ2) is 8.90. The number of piperidine rings is 1. The summed E-state index contributed by atoms with van der Waals surface area (Å²) in [5.41, 5.74) is 1.10. The fourth-order valence-corrected chi connectivity index (χ4v) is 5.31. The standard InChI is InChI=1S/C20H31N3O4S/c1-22(2)28(25,26)23-12-6-7-17(15-23)19(24)21-16-20(10-13-27-14-11-20)18-8-4-3-5-9-18/h3-5,8-9,17H,6-7,10-16H2,1-2H3,(H,21,24)/t17-/m1/s1. The molecule has 3 rings (SSSR count). The first-order chi connectivity index (χ1) is 13.3. The molecule has 2 aliphatic rings. The van der Waals surface area contributed by atoms with Crippen LogP contribution in [0.5, 0.6) is 0 Å². The number of hydrogen-bond donors (Lipinski definition) is 1. The SMILES string of the molecule is CN(C)S(=O)(=O)N1CCC[C@@H](C(=O)NCC2(c3ccccc3)CCOCC2)C1. The Kier molecular flexibility index (Phi) is 6.75. The highest BCUT2D eigenvalue weighted by Gasteiger charge is 2.37. The maximum atomic E-state index is 12.9. The van der Waals surface area contributed by atoms with Crippen LogP contribution in [0.25, 0.3) is 0 Å². The van der Waals surface area contributed by atoms with Crippen molar-refractivity contribution in [1.82, 2.24) is 13.9 Å². The van der Waals surface area contributed by atoms with Crippen LogP contribution in [0, 0.1) is 5.92 Å². The summed E-state index contributed by atoms with van der Waals surface area (Å²) in [6, 6.07) is 10.3. The molecule has 1 aromatic carbocycles. The fourth-order valence-electron chi connectivity index (χ4n) is 4.12. The third-order valence-electron chi connectivity index (χ3n) is 5.98. The van der Waals surface area contributed by atoms with E-state index in [9.17, 15) is 13.2 Å². The van der Waals surface area contributed by atoms with Crippen LogP contribution in [-0.2, 0) is 25.2 Å². The molecule has 2 fully saturated rings. The van der Waals surface area contributed by atoms with E-state index in [0.29, 0.717) is 39.1 Å². The number of carbonyl (C=O) groups is 1. The van der Waals surface area contributed by atoms with Crippen molar-refractivity contribution in [2.24, 2.45) is 5.92 Å². The van der Waals surface area contributed by atoms with Gasteiger partial charge in [-0.2, -0.15) is 17.0 Å². The second-order valence-electron chi connectivity index (χ2n) is 7.96. The molecule has 28 heavy (non-hydrogen) atoms. The molecule has 0 radical (unpaired) electrons. The molecule has 7 nitrogen and oxygen atoms in total. The zero-order chi connectivity index (χ0) is 20.2. The van der Waals surface area contributed by atoms with E-state index >= 15 is 0 Å². The van der Waals surface area contributed by atoms with Gasteiger partial charge in [0, 0.05) is 52.4 Å². The Labute approximate surface area is 168 Å². The minimum absolute atomic E-state index is 0.0551. The number of nitrogens with one attached hydrogen (secondary N) is 1. The lowest BCUT2D eigenvalue weighted by atomic mass is 9.74. The molecule has 8 heteroatoms. The van der Waals surface area contributed by atoms with Crippen molar-refractivity contribution < 1.29 is 17.9 Å². The molecule has 2 aliphatic heterocycles. The van der Waals surface area contributed by atoms with Crippen LogP contribution in [0.4, 0.5) is 0 Å². The number of benzene rings is 1. The van der Waals surface area contributed by atoms with Crippen molar-refractivity contribution in [3.63, 3.8) is 0 Å². The van der Waals surface area contributed by atoms with E-state index < -0.39 is 10.2 Å². The van der Waals surface area contributed by atoms with Gasteiger partial charge >= 0.3 is 0 Å². The molecule has 0 unspecified atom stereocenters. The highest BCUT2D eigenvalue weighted by Crippen LogP contribution is 2.34. The third-order valence-corrected chi connectivity index (χ3v) is 7.89. The number of rotatable bonds is 6. The molecule has 0 bridgehead atoms. The molecule has 0 aromatic heterocycles. The predicted octanol–water partition coefficient (Wildman–Crippen LogP) is 1.37. The lowest BCUT2D eigenvalue weighted by Gasteiger charge is -2.39. The molecule has 0 spiro atoms. The summed E-state index contributed by atoms with van der Waals surface area (Å²) in [6.07, 6.45) is 3.14. The first-order valence-corrected chi connectivity index (χ1v) is 11.3. The molecule has 1 atom stereocenters. The van der Waals surface area contributed by atoms with Crippen LogP contribution in [-0.4, -0.2) is 69.9 Å². The highest BCUT2D eigenvalue weighted by molar-refractivity contribution is 7.86. The minimum atomic E-state index is -3.49. The molecule has 2 heterocycles. The van der Waals surface area contributed by atoms with Gasteiger partial charge < -0.3 is 10.1 Å². The quantitative estimate of drug-likeness (QED) is 0.770. The Balaban J connectivity index is 1.66. The lowest BCUT2D eigenvalue weighted by molar-refractivity contribution is -0.126. The molecular formula is C20H31N3O4S.